The molecule has 0 bridgehead atoms. The molecule has 1 aliphatic rings. The lowest BCUT2D eigenvalue weighted by Crippen LogP contribution is -2.31. The molecule has 1 heterocycles. The summed E-state index contributed by atoms with van der Waals surface area (Å²) in [6.07, 6.45) is 3.52. The second-order valence-corrected chi connectivity index (χ2v) is 5.44. The highest BCUT2D eigenvalue weighted by Gasteiger charge is 2.30. The largest absolute Gasteiger partial charge is 0.341 e. The van der Waals surface area contributed by atoms with Crippen molar-refractivity contribution in [3.8, 4) is 0 Å². The molecule has 1 saturated heterocycles. The molecular formula is C15H20ClNO. The van der Waals surface area contributed by atoms with E-state index in [1.54, 1.807) is 0 Å². The number of hydrogen-bond acceptors (Lipinski definition) is 1. The molecule has 2 nitrogen and oxygen atoms in total. The fourth-order valence-corrected chi connectivity index (χ4v) is 2.89. The van der Waals surface area contributed by atoms with Crippen molar-refractivity contribution in [1.29, 1.82) is 0 Å². The molecule has 1 amide bonds. The van der Waals surface area contributed by atoms with Gasteiger partial charge in [-0.3, -0.25) is 4.79 Å². The van der Waals surface area contributed by atoms with Gasteiger partial charge < -0.3 is 4.90 Å². The van der Waals surface area contributed by atoms with E-state index in [1.165, 1.54) is 12.8 Å². The Balaban J connectivity index is 1.96. The molecule has 98 valence electrons. The summed E-state index contributed by atoms with van der Waals surface area (Å²) in [7, 11) is 0. The Labute approximate surface area is 114 Å². The summed E-state index contributed by atoms with van der Waals surface area (Å²) in [5.74, 6) is 0.722. The molecule has 0 aliphatic carbocycles. The summed E-state index contributed by atoms with van der Waals surface area (Å²) in [6.45, 7) is 3.93. The summed E-state index contributed by atoms with van der Waals surface area (Å²) in [5.41, 5.74) is 0.892. The van der Waals surface area contributed by atoms with E-state index in [0.29, 0.717) is 5.92 Å². The number of carbonyl (C=O) groups excluding carboxylic acids is 1. The maximum Gasteiger partial charge on any atom is 0.245 e. The van der Waals surface area contributed by atoms with Crippen LogP contribution in [0.4, 0.5) is 0 Å². The van der Waals surface area contributed by atoms with Crippen molar-refractivity contribution >= 4 is 17.5 Å². The molecule has 2 rings (SSSR count). The Morgan fingerprint density at radius 3 is 2.83 bits per heavy atom. The molecule has 2 unspecified atom stereocenters. The molecule has 0 radical (unpaired) electrons. The predicted octanol–water partition coefficient (Wildman–Crippen LogP) is 3.62. The smallest absolute Gasteiger partial charge is 0.245 e. The first-order valence-electron chi connectivity index (χ1n) is 6.70. The van der Waals surface area contributed by atoms with Gasteiger partial charge in [-0.15, -0.1) is 11.6 Å². The molecule has 18 heavy (non-hydrogen) atoms. The lowest BCUT2D eigenvalue weighted by Gasteiger charge is -2.20. The fraction of sp³-hybridized carbons (Fsp3) is 0.533. The van der Waals surface area contributed by atoms with Crippen molar-refractivity contribution in [3.63, 3.8) is 0 Å². The van der Waals surface area contributed by atoms with E-state index in [2.05, 4.69) is 6.92 Å². The minimum atomic E-state index is -0.536. The van der Waals surface area contributed by atoms with Crippen molar-refractivity contribution in [3.05, 3.63) is 35.9 Å². The lowest BCUT2D eigenvalue weighted by molar-refractivity contribution is -0.130. The molecule has 1 aliphatic heterocycles. The number of rotatable bonds is 4. The number of nitrogens with zero attached hydrogens (tertiary/aromatic N) is 1. The molecule has 1 aromatic carbocycles. The van der Waals surface area contributed by atoms with Crippen molar-refractivity contribution < 1.29 is 4.79 Å². The van der Waals surface area contributed by atoms with E-state index in [4.69, 9.17) is 11.6 Å². The highest BCUT2D eigenvalue weighted by Crippen LogP contribution is 2.27. The van der Waals surface area contributed by atoms with Gasteiger partial charge in [0.2, 0.25) is 5.91 Å². The monoisotopic (exact) mass is 265 g/mol. The van der Waals surface area contributed by atoms with Crippen LogP contribution in [0.15, 0.2) is 30.3 Å². The summed E-state index contributed by atoms with van der Waals surface area (Å²) in [6, 6.07) is 9.60. The molecule has 1 aromatic rings. The van der Waals surface area contributed by atoms with Gasteiger partial charge in [0.25, 0.3) is 0 Å². The van der Waals surface area contributed by atoms with E-state index < -0.39 is 5.38 Å². The van der Waals surface area contributed by atoms with E-state index in [0.717, 1.165) is 25.1 Å². The average Bonchev–Trinajstić information content (AvgIpc) is 2.87. The number of hydrogen-bond donors (Lipinski definition) is 0. The van der Waals surface area contributed by atoms with E-state index >= 15 is 0 Å². The summed E-state index contributed by atoms with van der Waals surface area (Å²) < 4.78 is 0. The minimum absolute atomic E-state index is 0.0569. The van der Waals surface area contributed by atoms with Crippen molar-refractivity contribution in [2.45, 2.75) is 31.6 Å². The zero-order valence-electron chi connectivity index (χ0n) is 10.8. The van der Waals surface area contributed by atoms with Gasteiger partial charge in [0.05, 0.1) is 0 Å². The van der Waals surface area contributed by atoms with E-state index in [9.17, 15) is 4.79 Å². The maximum atomic E-state index is 12.3. The first-order valence-corrected chi connectivity index (χ1v) is 7.13. The van der Waals surface area contributed by atoms with Gasteiger partial charge >= 0.3 is 0 Å². The van der Waals surface area contributed by atoms with Crippen LogP contribution in [0.3, 0.4) is 0 Å². The summed E-state index contributed by atoms with van der Waals surface area (Å²) >= 11 is 6.27. The van der Waals surface area contributed by atoms with Gasteiger partial charge in [0.15, 0.2) is 0 Å². The van der Waals surface area contributed by atoms with Crippen LogP contribution in [-0.2, 0) is 4.79 Å². The topological polar surface area (TPSA) is 20.3 Å². The number of likely N-dealkylation sites (tertiary alicyclic amines) is 1. The Kier molecular flexibility index (Phi) is 4.65. The van der Waals surface area contributed by atoms with Crippen LogP contribution in [0.5, 0.6) is 0 Å². The first kappa shape index (κ1) is 13.4. The number of carbonyl (C=O) groups is 1. The summed E-state index contributed by atoms with van der Waals surface area (Å²) in [5, 5.41) is -0.536. The van der Waals surface area contributed by atoms with Crippen molar-refractivity contribution in [2.24, 2.45) is 5.92 Å². The van der Waals surface area contributed by atoms with Gasteiger partial charge in [-0.05, 0) is 24.3 Å². The third kappa shape index (κ3) is 3.05. The van der Waals surface area contributed by atoms with E-state index in [-0.39, 0.29) is 5.91 Å². The standard InChI is InChI=1S/C15H20ClNO/c1-2-6-12-9-10-17(11-12)15(18)14(16)13-7-4-3-5-8-13/h3-5,7-8,12,14H,2,6,9-11H2,1H3. The molecule has 0 saturated carbocycles. The van der Waals surface area contributed by atoms with Crippen LogP contribution < -0.4 is 0 Å². The average molecular weight is 266 g/mol. The molecule has 0 N–H and O–H groups in total. The van der Waals surface area contributed by atoms with Crippen LogP contribution in [0.2, 0.25) is 0 Å². The SMILES string of the molecule is CCCC1CCN(C(=O)C(Cl)c2ccccc2)C1. The third-order valence-corrected chi connectivity index (χ3v) is 4.04. The normalized spacial score (nSPS) is 21.0. The number of halogens is 1. The quantitative estimate of drug-likeness (QED) is 0.762. The molecule has 3 heteroatoms. The minimum Gasteiger partial charge on any atom is -0.341 e. The van der Waals surface area contributed by atoms with Crippen molar-refractivity contribution in [2.75, 3.05) is 13.1 Å². The highest BCUT2D eigenvalue weighted by atomic mass is 35.5. The van der Waals surface area contributed by atoms with Crippen LogP contribution in [-0.4, -0.2) is 23.9 Å². The van der Waals surface area contributed by atoms with Crippen LogP contribution in [0, 0.1) is 5.92 Å². The van der Waals surface area contributed by atoms with Gasteiger partial charge in [0.1, 0.15) is 5.38 Å². The predicted molar refractivity (Wildman–Crippen MR) is 74.6 cm³/mol. The summed E-state index contributed by atoms with van der Waals surface area (Å²) in [4.78, 5) is 14.2. The third-order valence-electron chi connectivity index (χ3n) is 3.60. The van der Waals surface area contributed by atoms with Crippen molar-refractivity contribution in [1.82, 2.24) is 4.90 Å². The Bertz CT molecular complexity index is 393. The molecule has 2 atom stereocenters. The van der Waals surface area contributed by atoms with Gasteiger partial charge in [0, 0.05) is 13.1 Å². The Morgan fingerprint density at radius 2 is 2.17 bits per heavy atom. The fourth-order valence-electron chi connectivity index (χ4n) is 2.60. The second kappa shape index (κ2) is 6.24. The highest BCUT2D eigenvalue weighted by molar-refractivity contribution is 6.30. The van der Waals surface area contributed by atoms with E-state index in [1.807, 2.05) is 35.2 Å². The maximum absolute atomic E-state index is 12.3. The van der Waals surface area contributed by atoms with Gasteiger partial charge in [-0.2, -0.15) is 0 Å². The van der Waals surface area contributed by atoms with Crippen LogP contribution in [0.1, 0.15) is 37.1 Å². The lowest BCUT2D eigenvalue weighted by atomic mass is 10.0. The molecule has 0 aromatic heterocycles. The number of alkyl halides is 1. The first-order chi connectivity index (χ1) is 8.72. The number of amides is 1. The van der Waals surface area contributed by atoms with Gasteiger partial charge in [-0.1, -0.05) is 43.7 Å². The zero-order chi connectivity index (χ0) is 13.0. The number of benzene rings is 1. The van der Waals surface area contributed by atoms with Crippen LogP contribution >= 0.6 is 11.6 Å². The zero-order valence-corrected chi connectivity index (χ0v) is 11.6. The molecular weight excluding hydrogens is 246 g/mol. The Hall–Kier alpha value is -1.02. The Morgan fingerprint density at radius 1 is 1.44 bits per heavy atom. The molecule has 0 spiro atoms. The second-order valence-electron chi connectivity index (χ2n) is 5.00. The molecule has 1 fully saturated rings. The van der Waals surface area contributed by atoms with Gasteiger partial charge in [-0.25, -0.2) is 0 Å². The van der Waals surface area contributed by atoms with Crippen LogP contribution in [0.25, 0.3) is 0 Å².